The summed E-state index contributed by atoms with van der Waals surface area (Å²) in [7, 11) is 0. The van der Waals surface area contributed by atoms with Crippen molar-refractivity contribution in [3.63, 3.8) is 0 Å². The molecule has 0 radical (unpaired) electrons. The molecule has 0 heterocycles. The zero-order valence-electron chi connectivity index (χ0n) is 10.7. The van der Waals surface area contributed by atoms with Gasteiger partial charge >= 0.3 is 0 Å². The summed E-state index contributed by atoms with van der Waals surface area (Å²) in [6.07, 6.45) is 6.11. The summed E-state index contributed by atoms with van der Waals surface area (Å²) in [4.78, 5) is 13.4. The molecule has 0 bridgehead atoms. The average molecular weight is 225 g/mol. The highest BCUT2D eigenvalue weighted by atomic mass is 16.1. The minimum atomic E-state index is 0.0523. The molecule has 0 aliphatic rings. The molecule has 0 aliphatic carbocycles. The molecule has 92 valence electrons. The molecule has 0 amide bonds. The van der Waals surface area contributed by atoms with Crippen LogP contribution < -0.4 is 5.84 Å². The van der Waals surface area contributed by atoms with Gasteiger partial charge in [0.2, 0.25) is 0 Å². The molecule has 0 aromatic heterocycles. The van der Waals surface area contributed by atoms with Crippen molar-refractivity contribution in [1.82, 2.24) is 4.90 Å². The van der Waals surface area contributed by atoms with Gasteiger partial charge in [0.1, 0.15) is 6.34 Å². The summed E-state index contributed by atoms with van der Waals surface area (Å²) >= 11 is 0. The predicted molar refractivity (Wildman–Crippen MR) is 68.1 cm³/mol. The number of carbonyl (C=O) groups is 1. The summed E-state index contributed by atoms with van der Waals surface area (Å²) in [6, 6.07) is 0.367. The lowest BCUT2D eigenvalue weighted by Gasteiger charge is -2.24. The van der Waals surface area contributed by atoms with Crippen LogP contribution in [-0.4, -0.2) is 29.6 Å². The van der Waals surface area contributed by atoms with Gasteiger partial charge in [-0.1, -0.05) is 26.8 Å². The molecule has 16 heavy (non-hydrogen) atoms. The summed E-state index contributed by atoms with van der Waals surface area (Å²) in [5, 5.41) is 3.52. The molecule has 0 saturated carbocycles. The third-order valence-corrected chi connectivity index (χ3v) is 2.54. The second-order valence-electron chi connectivity index (χ2n) is 4.18. The van der Waals surface area contributed by atoms with E-state index in [4.69, 9.17) is 5.84 Å². The van der Waals surface area contributed by atoms with Crippen molar-refractivity contribution < 1.29 is 4.79 Å². The van der Waals surface area contributed by atoms with Crippen molar-refractivity contribution in [2.45, 2.75) is 40.2 Å². The number of rotatable bonds is 7. The first-order chi connectivity index (χ1) is 7.52. The van der Waals surface area contributed by atoms with Crippen LogP contribution in [0.25, 0.3) is 0 Å². The van der Waals surface area contributed by atoms with E-state index >= 15 is 0 Å². The first kappa shape index (κ1) is 14.7. The Kier molecular flexibility index (Phi) is 7.25. The molecule has 4 heteroatoms. The molecule has 0 spiro atoms. The standard InChI is InChI=1S/C12H23N3O/c1-5-11(4)15(9-14-13)8-6-7-12(16)10(2)3/h6-7,9-11H,5,8,13H2,1-4H3/b7-6+,14-9-. The average Bonchev–Trinajstić information content (AvgIpc) is 2.26. The van der Waals surface area contributed by atoms with Gasteiger partial charge in [-0.2, -0.15) is 5.10 Å². The summed E-state index contributed by atoms with van der Waals surface area (Å²) in [6.45, 7) is 8.64. The molecule has 1 atom stereocenters. The zero-order chi connectivity index (χ0) is 12.6. The van der Waals surface area contributed by atoms with E-state index in [-0.39, 0.29) is 11.7 Å². The quantitative estimate of drug-likeness (QED) is 0.236. The number of allylic oxidation sites excluding steroid dienone is 1. The van der Waals surface area contributed by atoms with Gasteiger partial charge < -0.3 is 10.7 Å². The molecule has 0 fully saturated rings. The molecule has 4 nitrogen and oxygen atoms in total. The largest absolute Gasteiger partial charge is 0.355 e. The van der Waals surface area contributed by atoms with Gasteiger partial charge in [0.15, 0.2) is 5.78 Å². The topological polar surface area (TPSA) is 58.7 Å². The fourth-order valence-corrected chi connectivity index (χ4v) is 1.14. The Bertz CT molecular complexity index is 259. The van der Waals surface area contributed by atoms with E-state index in [1.807, 2.05) is 24.8 Å². The number of hydrogen-bond donors (Lipinski definition) is 1. The van der Waals surface area contributed by atoms with Gasteiger partial charge in [-0.05, 0) is 19.4 Å². The Morgan fingerprint density at radius 2 is 2.06 bits per heavy atom. The summed E-state index contributed by atoms with van der Waals surface area (Å²) in [5.41, 5.74) is 0. The molecule has 0 aromatic rings. The van der Waals surface area contributed by atoms with E-state index in [9.17, 15) is 4.79 Å². The van der Waals surface area contributed by atoms with E-state index in [2.05, 4.69) is 18.9 Å². The van der Waals surface area contributed by atoms with Crippen molar-refractivity contribution in [1.29, 1.82) is 0 Å². The van der Waals surface area contributed by atoms with Gasteiger partial charge in [-0.15, -0.1) is 0 Å². The summed E-state index contributed by atoms with van der Waals surface area (Å²) in [5.74, 6) is 5.34. The third-order valence-electron chi connectivity index (χ3n) is 2.54. The number of nitrogens with zero attached hydrogens (tertiary/aromatic N) is 2. The maximum absolute atomic E-state index is 11.4. The van der Waals surface area contributed by atoms with Crippen molar-refractivity contribution in [3.8, 4) is 0 Å². The molecule has 1 unspecified atom stereocenters. The SMILES string of the molecule is CCC(C)N(/C=N\N)C/C=C/C(=O)C(C)C. The Morgan fingerprint density at radius 3 is 2.50 bits per heavy atom. The molecule has 0 rings (SSSR count). The third kappa shape index (κ3) is 5.53. The minimum absolute atomic E-state index is 0.0523. The maximum Gasteiger partial charge on any atom is 0.157 e. The highest BCUT2D eigenvalue weighted by Gasteiger charge is 2.07. The highest BCUT2D eigenvalue weighted by molar-refractivity contribution is 5.91. The highest BCUT2D eigenvalue weighted by Crippen LogP contribution is 2.01. The van der Waals surface area contributed by atoms with E-state index in [0.717, 1.165) is 6.42 Å². The van der Waals surface area contributed by atoms with Crippen LogP contribution in [0.5, 0.6) is 0 Å². The maximum atomic E-state index is 11.4. The first-order valence-electron chi connectivity index (χ1n) is 5.72. The van der Waals surface area contributed by atoms with Crippen LogP contribution >= 0.6 is 0 Å². The molecule has 0 aromatic carbocycles. The fraction of sp³-hybridized carbons (Fsp3) is 0.667. The second kappa shape index (κ2) is 7.91. The zero-order valence-corrected chi connectivity index (χ0v) is 10.7. The minimum Gasteiger partial charge on any atom is -0.355 e. The van der Waals surface area contributed by atoms with Crippen LogP contribution in [0, 0.1) is 5.92 Å². The lowest BCUT2D eigenvalue weighted by molar-refractivity contribution is -0.117. The number of hydrogen-bond acceptors (Lipinski definition) is 3. The lowest BCUT2D eigenvalue weighted by atomic mass is 10.1. The lowest BCUT2D eigenvalue weighted by Crippen LogP contribution is -2.32. The molecular weight excluding hydrogens is 202 g/mol. The Balaban J connectivity index is 4.27. The van der Waals surface area contributed by atoms with E-state index in [0.29, 0.717) is 12.6 Å². The molecule has 0 saturated heterocycles. The molecular formula is C12H23N3O. The molecule has 2 N–H and O–H groups in total. The van der Waals surface area contributed by atoms with E-state index in [1.54, 1.807) is 12.4 Å². The second-order valence-corrected chi connectivity index (χ2v) is 4.18. The molecule has 0 aliphatic heterocycles. The van der Waals surface area contributed by atoms with Gasteiger partial charge in [-0.25, -0.2) is 0 Å². The van der Waals surface area contributed by atoms with Crippen LogP contribution in [0.2, 0.25) is 0 Å². The Labute approximate surface area is 98.2 Å². The van der Waals surface area contributed by atoms with Crippen molar-refractivity contribution in [2.24, 2.45) is 16.9 Å². The van der Waals surface area contributed by atoms with Crippen LogP contribution in [-0.2, 0) is 4.79 Å². The summed E-state index contributed by atoms with van der Waals surface area (Å²) < 4.78 is 0. The number of ketones is 1. The normalized spacial score (nSPS) is 13.8. The van der Waals surface area contributed by atoms with Crippen molar-refractivity contribution >= 4 is 12.1 Å². The Morgan fingerprint density at radius 1 is 1.44 bits per heavy atom. The van der Waals surface area contributed by atoms with E-state index in [1.165, 1.54) is 0 Å². The van der Waals surface area contributed by atoms with Crippen LogP contribution in [0.1, 0.15) is 34.1 Å². The van der Waals surface area contributed by atoms with Gasteiger partial charge in [0, 0.05) is 18.5 Å². The van der Waals surface area contributed by atoms with Crippen LogP contribution in [0.4, 0.5) is 0 Å². The number of nitrogens with two attached hydrogens (primary N) is 1. The number of hydrazone groups is 1. The Hall–Kier alpha value is -1.32. The predicted octanol–water partition coefficient (Wildman–Crippen LogP) is 1.77. The van der Waals surface area contributed by atoms with Gasteiger partial charge in [-0.3, -0.25) is 4.79 Å². The van der Waals surface area contributed by atoms with Crippen molar-refractivity contribution in [3.05, 3.63) is 12.2 Å². The fourth-order valence-electron chi connectivity index (χ4n) is 1.14. The van der Waals surface area contributed by atoms with E-state index < -0.39 is 0 Å². The first-order valence-corrected chi connectivity index (χ1v) is 5.72. The monoisotopic (exact) mass is 225 g/mol. The van der Waals surface area contributed by atoms with Crippen LogP contribution in [0.15, 0.2) is 17.3 Å². The van der Waals surface area contributed by atoms with Crippen molar-refractivity contribution in [2.75, 3.05) is 6.54 Å². The smallest absolute Gasteiger partial charge is 0.157 e. The van der Waals surface area contributed by atoms with Gasteiger partial charge in [0.05, 0.1) is 0 Å². The number of carbonyl (C=O) groups excluding carboxylic acids is 1. The van der Waals surface area contributed by atoms with Gasteiger partial charge in [0.25, 0.3) is 0 Å². The van der Waals surface area contributed by atoms with Crippen LogP contribution in [0.3, 0.4) is 0 Å².